The minimum Gasteiger partial charge on any atom is -0.383 e. The number of hydrogen-bond donors (Lipinski definition) is 1. The second-order valence-electron chi connectivity index (χ2n) is 7.78. The van der Waals surface area contributed by atoms with Crippen LogP contribution in [0.3, 0.4) is 0 Å². The van der Waals surface area contributed by atoms with E-state index >= 15 is 0 Å². The molecule has 9 nitrogen and oxygen atoms in total. The number of likely N-dealkylation sites (tertiary alicyclic amines) is 1. The first kappa shape index (κ1) is 21.8. The highest BCUT2D eigenvalue weighted by molar-refractivity contribution is 6.06. The summed E-state index contributed by atoms with van der Waals surface area (Å²) in [5, 5.41) is 7.05. The van der Waals surface area contributed by atoms with Crippen molar-refractivity contribution in [2.24, 2.45) is 7.05 Å². The fourth-order valence-corrected chi connectivity index (χ4v) is 3.71. The molecule has 1 saturated heterocycles. The van der Waals surface area contributed by atoms with E-state index in [1.165, 1.54) is 10.9 Å². The van der Waals surface area contributed by atoms with E-state index in [1.807, 2.05) is 36.5 Å². The molecule has 0 spiro atoms. The van der Waals surface area contributed by atoms with Gasteiger partial charge in [-0.1, -0.05) is 30.3 Å². The third-order valence-electron chi connectivity index (χ3n) is 5.63. The molecule has 1 aliphatic rings. The standard InChI is InChI=1S/C23H28N6O3/c1-27-21(18(15-25-27)23(31)28-11-6-12-28)22(30)24-10-9-20-26-19(16-29(20)13-14-32-2)17-7-4-3-5-8-17/h3-5,7-8,15-16H,6,9-14H2,1-2H3,(H,24,30). The van der Waals surface area contributed by atoms with Gasteiger partial charge in [0.2, 0.25) is 0 Å². The second kappa shape index (κ2) is 9.78. The number of hydrogen-bond acceptors (Lipinski definition) is 5. The van der Waals surface area contributed by atoms with E-state index in [2.05, 4.69) is 15.0 Å². The maximum atomic E-state index is 12.9. The van der Waals surface area contributed by atoms with Gasteiger partial charge in [0.05, 0.1) is 24.1 Å². The van der Waals surface area contributed by atoms with Crippen LogP contribution >= 0.6 is 0 Å². The van der Waals surface area contributed by atoms with Crippen LogP contribution in [0.4, 0.5) is 0 Å². The Kier molecular flexibility index (Phi) is 6.65. The molecule has 1 aromatic carbocycles. The number of ether oxygens (including phenoxy) is 1. The van der Waals surface area contributed by atoms with Gasteiger partial charge in [-0.3, -0.25) is 14.3 Å². The minimum atomic E-state index is -0.313. The summed E-state index contributed by atoms with van der Waals surface area (Å²) in [7, 11) is 3.34. The number of imidazole rings is 1. The first-order valence-corrected chi connectivity index (χ1v) is 10.8. The third-order valence-corrected chi connectivity index (χ3v) is 5.63. The van der Waals surface area contributed by atoms with E-state index in [4.69, 9.17) is 9.72 Å². The van der Waals surface area contributed by atoms with Crippen molar-refractivity contribution in [2.45, 2.75) is 19.4 Å². The number of nitrogens with one attached hydrogen (secondary N) is 1. The van der Waals surface area contributed by atoms with Crippen molar-refractivity contribution in [1.82, 2.24) is 29.5 Å². The lowest BCUT2D eigenvalue weighted by molar-refractivity contribution is 0.0647. The molecule has 32 heavy (non-hydrogen) atoms. The number of aromatic nitrogens is 4. The molecule has 0 saturated carbocycles. The fourth-order valence-electron chi connectivity index (χ4n) is 3.71. The van der Waals surface area contributed by atoms with Gasteiger partial charge >= 0.3 is 0 Å². The number of benzene rings is 1. The highest BCUT2D eigenvalue weighted by Gasteiger charge is 2.28. The molecule has 3 heterocycles. The zero-order valence-electron chi connectivity index (χ0n) is 18.5. The van der Waals surface area contributed by atoms with E-state index in [0.717, 1.165) is 36.6 Å². The van der Waals surface area contributed by atoms with Crippen LogP contribution in [-0.4, -0.2) is 69.4 Å². The molecule has 0 atom stereocenters. The Morgan fingerprint density at radius 1 is 1.19 bits per heavy atom. The molecule has 1 fully saturated rings. The first-order chi connectivity index (χ1) is 15.6. The summed E-state index contributed by atoms with van der Waals surface area (Å²) >= 11 is 0. The molecule has 4 rings (SSSR count). The zero-order chi connectivity index (χ0) is 22.5. The summed E-state index contributed by atoms with van der Waals surface area (Å²) in [5.41, 5.74) is 2.56. The van der Waals surface area contributed by atoms with Gasteiger partial charge < -0.3 is 19.5 Å². The van der Waals surface area contributed by atoms with E-state index in [9.17, 15) is 9.59 Å². The molecule has 0 bridgehead atoms. The number of rotatable bonds is 9. The van der Waals surface area contributed by atoms with Crippen molar-refractivity contribution in [2.75, 3.05) is 33.4 Å². The number of aryl methyl sites for hydroxylation is 1. The van der Waals surface area contributed by atoms with Crippen molar-refractivity contribution in [3.8, 4) is 11.3 Å². The molecular weight excluding hydrogens is 408 g/mol. The summed E-state index contributed by atoms with van der Waals surface area (Å²) in [5.74, 6) is 0.410. The lowest BCUT2D eigenvalue weighted by Crippen LogP contribution is -2.43. The highest BCUT2D eigenvalue weighted by atomic mass is 16.5. The highest BCUT2D eigenvalue weighted by Crippen LogP contribution is 2.19. The van der Waals surface area contributed by atoms with Crippen molar-refractivity contribution in [3.05, 3.63) is 59.8 Å². The predicted octanol–water partition coefficient (Wildman–Crippen LogP) is 1.75. The summed E-state index contributed by atoms with van der Waals surface area (Å²) in [6, 6.07) is 9.98. The number of nitrogens with zero attached hydrogens (tertiary/aromatic N) is 5. The van der Waals surface area contributed by atoms with Crippen molar-refractivity contribution >= 4 is 11.8 Å². The van der Waals surface area contributed by atoms with Crippen molar-refractivity contribution in [1.29, 1.82) is 0 Å². The summed E-state index contributed by atoms with van der Waals surface area (Å²) in [4.78, 5) is 32.0. The maximum absolute atomic E-state index is 12.9. The quantitative estimate of drug-likeness (QED) is 0.552. The lowest BCUT2D eigenvalue weighted by atomic mass is 10.1. The van der Waals surface area contributed by atoms with E-state index in [0.29, 0.717) is 31.7 Å². The Morgan fingerprint density at radius 2 is 1.97 bits per heavy atom. The molecule has 0 radical (unpaired) electrons. The number of carbonyl (C=O) groups excluding carboxylic acids is 2. The van der Waals surface area contributed by atoms with Gasteiger partial charge in [0.15, 0.2) is 0 Å². The van der Waals surface area contributed by atoms with Gasteiger partial charge in [-0.25, -0.2) is 4.98 Å². The molecule has 9 heteroatoms. The van der Waals surface area contributed by atoms with Crippen LogP contribution in [0.15, 0.2) is 42.7 Å². The second-order valence-corrected chi connectivity index (χ2v) is 7.78. The molecule has 1 aliphatic heterocycles. The van der Waals surface area contributed by atoms with Gasteiger partial charge in [-0.05, 0) is 6.42 Å². The number of carbonyl (C=O) groups is 2. The van der Waals surface area contributed by atoms with Crippen molar-refractivity contribution in [3.63, 3.8) is 0 Å². The Labute approximate surface area is 187 Å². The maximum Gasteiger partial charge on any atom is 0.270 e. The van der Waals surface area contributed by atoms with Gasteiger partial charge in [0, 0.05) is 58.5 Å². The zero-order valence-corrected chi connectivity index (χ0v) is 18.5. The van der Waals surface area contributed by atoms with Crippen LogP contribution in [0.5, 0.6) is 0 Å². The number of methoxy groups -OCH3 is 1. The van der Waals surface area contributed by atoms with E-state index < -0.39 is 0 Å². The van der Waals surface area contributed by atoms with Gasteiger partial charge in [0.25, 0.3) is 11.8 Å². The minimum absolute atomic E-state index is 0.142. The van der Waals surface area contributed by atoms with Crippen LogP contribution < -0.4 is 5.32 Å². The Morgan fingerprint density at radius 3 is 2.66 bits per heavy atom. The molecule has 2 amide bonds. The first-order valence-electron chi connectivity index (χ1n) is 10.8. The molecule has 1 N–H and O–H groups in total. The SMILES string of the molecule is COCCn1cc(-c2ccccc2)nc1CCNC(=O)c1c(C(=O)N2CCC2)cnn1C. The summed E-state index contributed by atoms with van der Waals surface area (Å²) < 4.78 is 8.74. The van der Waals surface area contributed by atoms with Crippen LogP contribution in [0.1, 0.15) is 33.1 Å². The van der Waals surface area contributed by atoms with Crippen LogP contribution in [-0.2, 0) is 24.8 Å². The van der Waals surface area contributed by atoms with Crippen LogP contribution in [0, 0.1) is 0 Å². The van der Waals surface area contributed by atoms with Gasteiger partial charge in [0.1, 0.15) is 11.5 Å². The molecule has 3 aromatic rings. The third kappa shape index (κ3) is 4.57. The molecular formula is C23H28N6O3. The lowest BCUT2D eigenvalue weighted by Gasteiger charge is -2.30. The van der Waals surface area contributed by atoms with Crippen molar-refractivity contribution < 1.29 is 14.3 Å². The Balaban J connectivity index is 1.44. The van der Waals surface area contributed by atoms with Crippen LogP contribution in [0.2, 0.25) is 0 Å². The molecule has 168 valence electrons. The predicted molar refractivity (Wildman–Crippen MR) is 119 cm³/mol. The average molecular weight is 437 g/mol. The normalized spacial score (nSPS) is 13.1. The largest absolute Gasteiger partial charge is 0.383 e. The van der Waals surface area contributed by atoms with Gasteiger partial charge in [-0.2, -0.15) is 5.10 Å². The topological polar surface area (TPSA) is 94.3 Å². The smallest absolute Gasteiger partial charge is 0.270 e. The Hall–Kier alpha value is -3.46. The van der Waals surface area contributed by atoms with Crippen LogP contribution in [0.25, 0.3) is 11.3 Å². The fraction of sp³-hybridized carbons (Fsp3) is 0.391. The molecule has 2 aromatic heterocycles. The Bertz CT molecular complexity index is 1080. The monoisotopic (exact) mass is 436 g/mol. The molecule has 0 unspecified atom stereocenters. The molecule has 0 aliphatic carbocycles. The van der Waals surface area contributed by atoms with Gasteiger partial charge in [-0.15, -0.1) is 0 Å². The number of amides is 2. The van der Waals surface area contributed by atoms with E-state index in [-0.39, 0.29) is 17.5 Å². The summed E-state index contributed by atoms with van der Waals surface area (Å²) in [6.45, 7) is 3.09. The summed E-state index contributed by atoms with van der Waals surface area (Å²) in [6.07, 6.45) is 5.03. The average Bonchev–Trinajstić information content (AvgIpc) is 3.35. The van der Waals surface area contributed by atoms with E-state index in [1.54, 1.807) is 19.1 Å².